The summed E-state index contributed by atoms with van der Waals surface area (Å²) in [5.74, 6) is 0. The number of ether oxygens (including phenoxy) is 1. The van der Waals surface area contributed by atoms with Gasteiger partial charge in [0, 0.05) is 13.1 Å². The van der Waals surface area contributed by atoms with E-state index >= 15 is 0 Å². The fourth-order valence-corrected chi connectivity index (χ4v) is 2.46. The van der Waals surface area contributed by atoms with Crippen LogP contribution in [0.2, 0.25) is 0 Å². The highest BCUT2D eigenvalue weighted by atomic mass is 16.5. The topological polar surface area (TPSA) is 38.5 Å². The Kier molecular flexibility index (Phi) is 5.65. The Balaban J connectivity index is 1.68. The summed E-state index contributed by atoms with van der Waals surface area (Å²) in [6, 6.07) is 8.24. The molecule has 1 aromatic carbocycles. The standard InChI is InChI=1S/C15H24N2O/c16-12-14-6-2-3-7-15(14)13-18-11-10-17-8-4-1-5-9-17/h2-3,6-7H,1,4-5,8-13,16H2. The summed E-state index contributed by atoms with van der Waals surface area (Å²) in [5, 5.41) is 0. The predicted molar refractivity (Wildman–Crippen MR) is 74.3 cm³/mol. The van der Waals surface area contributed by atoms with E-state index in [1.54, 1.807) is 0 Å². The van der Waals surface area contributed by atoms with Gasteiger partial charge in [0.2, 0.25) is 0 Å². The molecule has 1 heterocycles. The van der Waals surface area contributed by atoms with E-state index in [0.717, 1.165) is 13.2 Å². The average molecular weight is 248 g/mol. The molecule has 2 N–H and O–H groups in total. The van der Waals surface area contributed by atoms with E-state index in [-0.39, 0.29) is 0 Å². The lowest BCUT2D eigenvalue weighted by Gasteiger charge is -2.26. The largest absolute Gasteiger partial charge is 0.375 e. The van der Waals surface area contributed by atoms with Gasteiger partial charge in [-0.2, -0.15) is 0 Å². The molecular formula is C15H24N2O. The molecule has 3 nitrogen and oxygen atoms in total. The van der Waals surface area contributed by atoms with Crippen LogP contribution >= 0.6 is 0 Å². The Labute approximate surface area is 110 Å². The molecule has 0 saturated carbocycles. The Morgan fingerprint density at radius 2 is 1.78 bits per heavy atom. The Morgan fingerprint density at radius 1 is 1.06 bits per heavy atom. The van der Waals surface area contributed by atoms with Crippen LogP contribution in [0.1, 0.15) is 30.4 Å². The molecule has 1 saturated heterocycles. The first kappa shape index (κ1) is 13.5. The lowest BCUT2D eigenvalue weighted by Crippen LogP contribution is -2.32. The number of nitrogens with two attached hydrogens (primary N) is 1. The molecule has 1 fully saturated rings. The van der Waals surface area contributed by atoms with Crippen molar-refractivity contribution in [3.8, 4) is 0 Å². The van der Waals surface area contributed by atoms with Gasteiger partial charge in [-0.05, 0) is 37.1 Å². The number of hydrogen-bond acceptors (Lipinski definition) is 3. The van der Waals surface area contributed by atoms with Gasteiger partial charge in [-0.1, -0.05) is 30.7 Å². The molecular weight excluding hydrogens is 224 g/mol. The Morgan fingerprint density at radius 3 is 2.50 bits per heavy atom. The molecule has 0 amide bonds. The highest BCUT2D eigenvalue weighted by Gasteiger charge is 2.09. The minimum Gasteiger partial charge on any atom is -0.375 e. The smallest absolute Gasteiger partial charge is 0.0720 e. The molecule has 0 radical (unpaired) electrons. The van der Waals surface area contributed by atoms with Crippen LogP contribution in [0.5, 0.6) is 0 Å². The van der Waals surface area contributed by atoms with Gasteiger partial charge in [0.1, 0.15) is 0 Å². The van der Waals surface area contributed by atoms with Crippen molar-refractivity contribution in [1.82, 2.24) is 4.90 Å². The third-order valence-corrected chi connectivity index (χ3v) is 3.60. The minimum absolute atomic E-state index is 0.589. The molecule has 1 aromatic rings. The second kappa shape index (κ2) is 7.52. The summed E-state index contributed by atoms with van der Waals surface area (Å²) in [4.78, 5) is 2.50. The molecule has 18 heavy (non-hydrogen) atoms. The van der Waals surface area contributed by atoms with Crippen LogP contribution in [0.15, 0.2) is 24.3 Å². The number of benzene rings is 1. The lowest BCUT2D eigenvalue weighted by atomic mass is 10.1. The van der Waals surface area contributed by atoms with Gasteiger partial charge in [-0.15, -0.1) is 0 Å². The maximum absolute atomic E-state index is 5.77. The molecule has 1 aliphatic heterocycles. The molecule has 3 heteroatoms. The van der Waals surface area contributed by atoms with Gasteiger partial charge >= 0.3 is 0 Å². The lowest BCUT2D eigenvalue weighted by molar-refractivity contribution is 0.0860. The number of rotatable bonds is 6. The molecule has 0 aromatic heterocycles. The molecule has 0 atom stereocenters. The van der Waals surface area contributed by atoms with Crippen molar-refractivity contribution in [2.45, 2.75) is 32.4 Å². The van der Waals surface area contributed by atoms with Crippen LogP contribution in [-0.4, -0.2) is 31.1 Å². The van der Waals surface area contributed by atoms with Crippen LogP contribution in [0, 0.1) is 0 Å². The van der Waals surface area contributed by atoms with Crippen molar-refractivity contribution < 1.29 is 4.74 Å². The normalized spacial score (nSPS) is 16.9. The van der Waals surface area contributed by atoms with Crippen molar-refractivity contribution in [3.63, 3.8) is 0 Å². The van der Waals surface area contributed by atoms with E-state index in [9.17, 15) is 0 Å². The van der Waals surface area contributed by atoms with Crippen molar-refractivity contribution in [1.29, 1.82) is 0 Å². The minimum atomic E-state index is 0.589. The number of piperidine rings is 1. The first-order valence-electron chi connectivity index (χ1n) is 6.97. The quantitative estimate of drug-likeness (QED) is 0.784. The van der Waals surface area contributed by atoms with E-state index in [4.69, 9.17) is 10.5 Å². The maximum Gasteiger partial charge on any atom is 0.0720 e. The zero-order valence-corrected chi connectivity index (χ0v) is 11.1. The molecule has 2 rings (SSSR count). The summed E-state index contributed by atoms with van der Waals surface area (Å²) < 4.78 is 5.77. The summed E-state index contributed by atoms with van der Waals surface area (Å²) in [6.07, 6.45) is 4.08. The Bertz CT molecular complexity index is 348. The summed E-state index contributed by atoms with van der Waals surface area (Å²) in [5.41, 5.74) is 8.12. The molecule has 0 spiro atoms. The van der Waals surface area contributed by atoms with E-state index in [0.29, 0.717) is 13.2 Å². The van der Waals surface area contributed by atoms with Crippen LogP contribution in [0.4, 0.5) is 0 Å². The molecule has 0 unspecified atom stereocenters. The highest BCUT2D eigenvalue weighted by molar-refractivity contribution is 5.26. The van der Waals surface area contributed by atoms with Crippen LogP contribution < -0.4 is 5.73 Å². The van der Waals surface area contributed by atoms with Crippen LogP contribution in [0.3, 0.4) is 0 Å². The van der Waals surface area contributed by atoms with E-state index in [1.807, 2.05) is 12.1 Å². The van der Waals surface area contributed by atoms with Crippen molar-refractivity contribution in [3.05, 3.63) is 35.4 Å². The SMILES string of the molecule is NCc1ccccc1COCCN1CCCCC1. The van der Waals surface area contributed by atoms with Crippen LogP contribution in [-0.2, 0) is 17.9 Å². The molecule has 1 aliphatic rings. The zero-order valence-electron chi connectivity index (χ0n) is 11.1. The van der Waals surface area contributed by atoms with Gasteiger partial charge in [0.25, 0.3) is 0 Å². The molecule has 0 aliphatic carbocycles. The van der Waals surface area contributed by atoms with Gasteiger partial charge in [-0.3, -0.25) is 0 Å². The summed E-state index contributed by atoms with van der Waals surface area (Å²) in [6.45, 7) is 5.63. The molecule has 100 valence electrons. The van der Waals surface area contributed by atoms with Crippen molar-refractivity contribution >= 4 is 0 Å². The fraction of sp³-hybridized carbons (Fsp3) is 0.600. The van der Waals surface area contributed by atoms with Crippen molar-refractivity contribution in [2.75, 3.05) is 26.2 Å². The number of likely N-dealkylation sites (tertiary alicyclic amines) is 1. The summed E-state index contributed by atoms with van der Waals surface area (Å²) >= 11 is 0. The highest BCUT2D eigenvalue weighted by Crippen LogP contribution is 2.10. The van der Waals surface area contributed by atoms with Gasteiger partial charge in [-0.25, -0.2) is 0 Å². The summed E-state index contributed by atoms with van der Waals surface area (Å²) in [7, 11) is 0. The monoisotopic (exact) mass is 248 g/mol. The van der Waals surface area contributed by atoms with Crippen molar-refractivity contribution in [2.24, 2.45) is 5.73 Å². The predicted octanol–water partition coefficient (Wildman–Crippen LogP) is 2.15. The first-order chi connectivity index (χ1) is 8.90. The van der Waals surface area contributed by atoms with E-state index in [2.05, 4.69) is 17.0 Å². The van der Waals surface area contributed by atoms with E-state index < -0.39 is 0 Å². The fourth-order valence-electron chi connectivity index (χ4n) is 2.46. The molecule has 0 bridgehead atoms. The first-order valence-corrected chi connectivity index (χ1v) is 6.97. The van der Waals surface area contributed by atoms with E-state index in [1.165, 1.54) is 43.5 Å². The van der Waals surface area contributed by atoms with Crippen LogP contribution in [0.25, 0.3) is 0 Å². The second-order valence-electron chi connectivity index (χ2n) is 4.93. The zero-order chi connectivity index (χ0) is 12.6. The Hall–Kier alpha value is -0.900. The van der Waals surface area contributed by atoms with Gasteiger partial charge in [0.15, 0.2) is 0 Å². The number of nitrogens with zero attached hydrogens (tertiary/aromatic N) is 1. The number of hydrogen-bond donors (Lipinski definition) is 1. The maximum atomic E-state index is 5.77. The van der Waals surface area contributed by atoms with Gasteiger partial charge < -0.3 is 15.4 Å². The van der Waals surface area contributed by atoms with Gasteiger partial charge in [0.05, 0.1) is 13.2 Å². The second-order valence-corrected chi connectivity index (χ2v) is 4.93. The third kappa shape index (κ3) is 4.09. The average Bonchev–Trinajstić information content (AvgIpc) is 2.45. The third-order valence-electron chi connectivity index (χ3n) is 3.60.